The Morgan fingerprint density at radius 3 is 2.72 bits per heavy atom. The number of nitrogens with two attached hydrogens (primary N) is 1. The molecule has 18 heavy (non-hydrogen) atoms. The van der Waals surface area contributed by atoms with E-state index in [1.54, 1.807) is 0 Å². The lowest BCUT2D eigenvalue weighted by molar-refractivity contribution is -0.143. The number of carbonyl (C=O) groups is 1. The fourth-order valence-electron chi connectivity index (χ4n) is 2.26. The van der Waals surface area contributed by atoms with Gasteiger partial charge < -0.3 is 15.6 Å². The zero-order valence-electron chi connectivity index (χ0n) is 9.63. The Labute approximate surface area is 102 Å². The van der Waals surface area contributed by atoms with Crippen molar-refractivity contribution in [1.82, 2.24) is 9.88 Å². The second-order valence-corrected chi connectivity index (χ2v) is 4.37. The predicted octanol–water partition coefficient (Wildman–Crippen LogP) is 1.36. The Morgan fingerprint density at radius 2 is 2.22 bits per heavy atom. The third-order valence-electron chi connectivity index (χ3n) is 3.09. The summed E-state index contributed by atoms with van der Waals surface area (Å²) >= 11 is 0. The number of hydrogen-bond acceptors (Lipinski definition) is 2. The van der Waals surface area contributed by atoms with Gasteiger partial charge in [-0.05, 0) is 31.5 Å². The molecule has 1 aromatic heterocycles. The molecule has 7 heteroatoms. The van der Waals surface area contributed by atoms with E-state index >= 15 is 0 Å². The van der Waals surface area contributed by atoms with Crippen molar-refractivity contribution in [3.63, 3.8) is 0 Å². The van der Waals surface area contributed by atoms with E-state index in [1.807, 2.05) is 0 Å². The summed E-state index contributed by atoms with van der Waals surface area (Å²) in [4.78, 5) is 11.1. The average molecular weight is 261 g/mol. The van der Waals surface area contributed by atoms with Crippen molar-refractivity contribution in [2.45, 2.75) is 31.6 Å². The first-order valence-electron chi connectivity index (χ1n) is 5.69. The van der Waals surface area contributed by atoms with E-state index in [0.29, 0.717) is 0 Å². The van der Waals surface area contributed by atoms with Crippen molar-refractivity contribution in [2.24, 2.45) is 5.73 Å². The standard InChI is InChI=1S/C11H14F3N3O/c12-11(13,14)9-4-3-8(10(15)18)17(9)6-7-2-1-5-16-7/h3-4,7,16H,1-2,5-6H2,(H2,15,18). The number of amides is 1. The summed E-state index contributed by atoms with van der Waals surface area (Å²) in [5.74, 6) is -0.844. The minimum atomic E-state index is -4.48. The van der Waals surface area contributed by atoms with Gasteiger partial charge in [-0.15, -0.1) is 0 Å². The smallest absolute Gasteiger partial charge is 0.364 e. The summed E-state index contributed by atoms with van der Waals surface area (Å²) < 4.78 is 39.4. The van der Waals surface area contributed by atoms with Gasteiger partial charge in [0, 0.05) is 12.6 Å². The molecule has 0 saturated carbocycles. The highest BCUT2D eigenvalue weighted by atomic mass is 19.4. The lowest BCUT2D eigenvalue weighted by atomic mass is 10.2. The van der Waals surface area contributed by atoms with E-state index in [0.717, 1.165) is 36.1 Å². The largest absolute Gasteiger partial charge is 0.431 e. The molecule has 0 radical (unpaired) electrons. The highest BCUT2D eigenvalue weighted by Gasteiger charge is 2.36. The van der Waals surface area contributed by atoms with Crippen molar-refractivity contribution in [1.29, 1.82) is 0 Å². The first-order chi connectivity index (χ1) is 8.39. The molecule has 1 saturated heterocycles. The van der Waals surface area contributed by atoms with E-state index in [-0.39, 0.29) is 18.3 Å². The molecule has 1 unspecified atom stereocenters. The minimum absolute atomic E-state index is 0.0448. The first-order valence-corrected chi connectivity index (χ1v) is 5.69. The lowest BCUT2D eigenvalue weighted by Crippen LogP contribution is -2.31. The molecule has 4 nitrogen and oxygen atoms in total. The van der Waals surface area contributed by atoms with Gasteiger partial charge in [0.1, 0.15) is 11.4 Å². The number of aromatic nitrogens is 1. The second-order valence-electron chi connectivity index (χ2n) is 4.37. The van der Waals surface area contributed by atoms with Gasteiger partial charge in [0.15, 0.2) is 0 Å². The van der Waals surface area contributed by atoms with Crippen LogP contribution in [0.2, 0.25) is 0 Å². The van der Waals surface area contributed by atoms with Crippen molar-refractivity contribution in [3.05, 3.63) is 23.5 Å². The molecular weight excluding hydrogens is 247 g/mol. The molecule has 0 aliphatic carbocycles. The monoisotopic (exact) mass is 261 g/mol. The summed E-state index contributed by atoms with van der Waals surface area (Å²) in [6, 6.07) is 1.98. The number of halogens is 3. The molecule has 100 valence electrons. The van der Waals surface area contributed by atoms with Gasteiger partial charge >= 0.3 is 6.18 Å². The molecule has 0 bridgehead atoms. The summed E-state index contributed by atoms with van der Waals surface area (Å²) in [5, 5.41) is 3.10. The molecule has 1 aliphatic rings. The van der Waals surface area contributed by atoms with Crippen LogP contribution in [-0.2, 0) is 12.7 Å². The average Bonchev–Trinajstić information content (AvgIpc) is 2.85. The van der Waals surface area contributed by atoms with Crippen LogP contribution in [0.5, 0.6) is 0 Å². The summed E-state index contributed by atoms with van der Waals surface area (Å²) in [7, 11) is 0. The van der Waals surface area contributed by atoms with E-state index < -0.39 is 17.8 Å². The van der Waals surface area contributed by atoms with Crippen molar-refractivity contribution < 1.29 is 18.0 Å². The molecule has 1 fully saturated rings. The van der Waals surface area contributed by atoms with Crippen LogP contribution in [0.15, 0.2) is 12.1 Å². The van der Waals surface area contributed by atoms with Crippen molar-refractivity contribution in [3.8, 4) is 0 Å². The zero-order chi connectivity index (χ0) is 13.3. The Balaban J connectivity index is 2.33. The van der Waals surface area contributed by atoms with Gasteiger partial charge in [-0.25, -0.2) is 0 Å². The van der Waals surface area contributed by atoms with Crippen molar-refractivity contribution >= 4 is 5.91 Å². The van der Waals surface area contributed by atoms with E-state index in [4.69, 9.17) is 5.73 Å². The maximum absolute atomic E-state index is 12.8. The topological polar surface area (TPSA) is 60.1 Å². The van der Waals surface area contributed by atoms with Gasteiger partial charge in [-0.1, -0.05) is 0 Å². The van der Waals surface area contributed by atoms with Gasteiger partial charge in [0.05, 0.1) is 0 Å². The number of hydrogen-bond donors (Lipinski definition) is 2. The number of carbonyl (C=O) groups excluding carboxylic acids is 1. The Morgan fingerprint density at radius 1 is 1.50 bits per heavy atom. The van der Waals surface area contributed by atoms with Crippen LogP contribution in [0.4, 0.5) is 13.2 Å². The predicted molar refractivity (Wildman–Crippen MR) is 59.0 cm³/mol. The molecule has 1 amide bonds. The fraction of sp³-hybridized carbons (Fsp3) is 0.545. The van der Waals surface area contributed by atoms with E-state index in [1.165, 1.54) is 0 Å². The second kappa shape index (κ2) is 4.64. The van der Waals surface area contributed by atoms with E-state index in [2.05, 4.69) is 5.32 Å². The molecule has 1 atom stereocenters. The maximum atomic E-state index is 12.8. The van der Waals surface area contributed by atoms with E-state index in [9.17, 15) is 18.0 Å². The molecule has 2 rings (SSSR count). The quantitative estimate of drug-likeness (QED) is 0.863. The van der Waals surface area contributed by atoms with Gasteiger partial charge in [-0.3, -0.25) is 4.79 Å². The number of nitrogens with zero attached hydrogens (tertiary/aromatic N) is 1. The minimum Gasteiger partial charge on any atom is -0.364 e. The molecule has 3 N–H and O–H groups in total. The molecule has 1 aromatic rings. The number of rotatable bonds is 3. The van der Waals surface area contributed by atoms with Crippen LogP contribution in [-0.4, -0.2) is 23.1 Å². The molecule has 0 aromatic carbocycles. The van der Waals surface area contributed by atoms with Crippen LogP contribution in [0, 0.1) is 0 Å². The van der Waals surface area contributed by atoms with Crippen LogP contribution in [0.25, 0.3) is 0 Å². The SMILES string of the molecule is NC(=O)c1ccc(C(F)(F)F)n1CC1CCCN1. The van der Waals surface area contributed by atoms with Crippen molar-refractivity contribution in [2.75, 3.05) is 6.54 Å². The van der Waals surface area contributed by atoms with Crippen LogP contribution >= 0.6 is 0 Å². The molecular formula is C11H14F3N3O. The zero-order valence-corrected chi connectivity index (χ0v) is 9.63. The molecule has 1 aliphatic heterocycles. The molecule has 0 spiro atoms. The maximum Gasteiger partial charge on any atom is 0.431 e. The van der Waals surface area contributed by atoms with Gasteiger partial charge in [-0.2, -0.15) is 13.2 Å². The highest BCUT2D eigenvalue weighted by molar-refractivity contribution is 5.91. The number of alkyl halides is 3. The number of nitrogens with one attached hydrogen (secondary N) is 1. The molecule has 2 heterocycles. The lowest BCUT2D eigenvalue weighted by Gasteiger charge is -2.18. The van der Waals surface area contributed by atoms with Gasteiger partial charge in [0.25, 0.3) is 5.91 Å². The fourth-order valence-corrected chi connectivity index (χ4v) is 2.26. The first kappa shape index (κ1) is 12.9. The summed E-state index contributed by atoms with van der Waals surface area (Å²) in [5.41, 5.74) is 4.17. The normalized spacial score (nSPS) is 20.3. The Kier molecular flexibility index (Phi) is 3.34. The van der Waals surface area contributed by atoms with Crippen LogP contribution in [0.1, 0.15) is 29.0 Å². The third-order valence-corrected chi connectivity index (χ3v) is 3.09. The summed E-state index contributed by atoms with van der Waals surface area (Å²) in [6.07, 6.45) is -2.75. The Bertz CT molecular complexity index is 447. The highest BCUT2D eigenvalue weighted by Crippen LogP contribution is 2.31. The van der Waals surface area contributed by atoms with Gasteiger partial charge in [0.2, 0.25) is 0 Å². The third kappa shape index (κ3) is 2.50. The number of primary amides is 1. The Hall–Kier alpha value is -1.50. The summed E-state index contributed by atoms with van der Waals surface area (Å²) in [6.45, 7) is 0.902. The van der Waals surface area contributed by atoms with Crippen LogP contribution in [0.3, 0.4) is 0 Å². The van der Waals surface area contributed by atoms with Crippen LogP contribution < -0.4 is 11.1 Å².